The summed E-state index contributed by atoms with van der Waals surface area (Å²) < 4.78 is 5.12. The van der Waals surface area contributed by atoms with Gasteiger partial charge in [0.05, 0.1) is 12.0 Å². The number of azide groups is 2. The van der Waals surface area contributed by atoms with Crippen LogP contribution in [0, 0.1) is 0 Å². The molecule has 0 aliphatic carbocycles. The summed E-state index contributed by atoms with van der Waals surface area (Å²) in [5, 5.41) is 9.60. The van der Waals surface area contributed by atoms with Gasteiger partial charge in [-0.25, -0.2) is 0 Å². The number of nitrogens with zero attached hydrogens (tertiary/aromatic N) is 6. The summed E-state index contributed by atoms with van der Waals surface area (Å²) in [4.78, 5) is 29.0. The van der Waals surface area contributed by atoms with Gasteiger partial charge in [0.2, 0.25) is 5.91 Å². The van der Waals surface area contributed by atoms with Gasteiger partial charge in [-0.2, -0.15) is 0 Å². The monoisotopic (exact) mass is 325 g/mol. The lowest BCUT2D eigenvalue weighted by molar-refractivity contribution is -0.155. The quantitative estimate of drug-likeness (QED) is 0.300. The molecule has 0 aliphatic heterocycles. The van der Waals surface area contributed by atoms with Crippen LogP contribution in [0.5, 0.6) is 0 Å². The molecule has 1 N–H and O–H groups in total. The van der Waals surface area contributed by atoms with Crippen LogP contribution in [0.2, 0.25) is 0 Å². The van der Waals surface area contributed by atoms with E-state index in [0.717, 1.165) is 0 Å². The summed E-state index contributed by atoms with van der Waals surface area (Å²) in [7, 11) is 0. The second kappa shape index (κ2) is 9.55. The van der Waals surface area contributed by atoms with Crippen LogP contribution in [0.25, 0.3) is 20.9 Å². The van der Waals surface area contributed by atoms with Crippen LogP contribution in [0.1, 0.15) is 47.0 Å². The molecule has 0 aromatic carbocycles. The second-order valence-electron chi connectivity index (χ2n) is 6.05. The third kappa shape index (κ3) is 9.23. The van der Waals surface area contributed by atoms with E-state index in [1.54, 1.807) is 27.7 Å². The van der Waals surface area contributed by atoms with Crippen LogP contribution in [0.15, 0.2) is 10.2 Å². The summed E-state index contributed by atoms with van der Waals surface area (Å²) in [6, 6.07) is 0. The summed E-state index contributed by atoms with van der Waals surface area (Å²) in [5.41, 5.74) is 15.3. The van der Waals surface area contributed by atoms with Crippen LogP contribution < -0.4 is 5.32 Å². The van der Waals surface area contributed by atoms with Gasteiger partial charge in [-0.3, -0.25) is 9.59 Å². The van der Waals surface area contributed by atoms with Crippen molar-refractivity contribution in [1.29, 1.82) is 0 Å². The van der Waals surface area contributed by atoms with Crippen molar-refractivity contribution in [3.63, 3.8) is 0 Å². The smallest absolute Gasteiger partial charge is 0.306 e. The third-order valence-corrected chi connectivity index (χ3v) is 2.93. The standard InChI is InChI=1S/C13H23N7O3/c1-5-13(8-16-19-14,9-17-20-15)18-10(21)6-7-11(22)23-12(2,3)4/h5-9H2,1-4H3,(H,18,21). The molecule has 0 radical (unpaired) electrons. The Morgan fingerprint density at radius 3 is 2.00 bits per heavy atom. The number of hydrogen-bond acceptors (Lipinski definition) is 5. The average molecular weight is 325 g/mol. The number of ether oxygens (including phenoxy) is 1. The molecule has 0 fully saturated rings. The highest BCUT2D eigenvalue weighted by atomic mass is 16.6. The van der Waals surface area contributed by atoms with E-state index >= 15 is 0 Å². The lowest BCUT2D eigenvalue weighted by Crippen LogP contribution is -2.52. The van der Waals surface area contributed by atoms with E-state index in [1.165, 1.54) is 0 Å². The number of hydrogen-bond donors (Lipinski definition) is 1. The van der Waals surface area contributed by atoms with Crippen molar-refractivity contribution in [1.82, 2.24) is 5.32 Å². The Morgan fingerprint density at radius 1 is 1.09 bits per heavy atom. The zero-order valence-electron chi connectivity index (χ0n) is 13.9. The van der Waals surface area contributed by atoms with E-state index in [2.05, 4.69) is 25.4 Å². The summed E-state index contributed by atoms with van der Waals surface area (Å²) in [5.74, 6) is -0.876. The molecule has 0 saturated carbocycles. The van der Waals surface area contributed by atoms with Gasteiger partial charge in [-0.15, -0.1) is 0 Å². The van der Waals surface area contributed by atoms with Crippen molar-refractivity contribution < 1.29 is 14.3 Å². The molecule has 0 rings (SSSR count). The van der Waals surface area contributed by atoms with Gasteiger partial charge in [0.25, 0.3) is 0 Å². The van der Waals surface area contributed by atoms with Crippen LogP contribution in [0.3, 0.4) is 0 Å². The fourth-order valence-electron chi connectivity index (χ4n) is 1.74. The molecule has 0 atom stereocenters. The number of carbonyl (C=O) groups excluding carboxylic acids is 2. The lowest BCUT2D eigenvalue weighted by Gasteiger charge is -2.31. The number of rotatable bonds is 9. The van der Waals surface area contributed by atoms with E-state index in [4.69, 9.17) is 15.8 Å². The van der Waals surface area contributed by atoms with Gasteiger partial charge >= 0.3 is 5.97 Å². The molecule has 0 aromatic rings. The zero-order valence-corrected chi connectivity index (χ0v) is 13.9. The van der Waals surface area contributed by atoms with E-state index < -0.39 is 23.0 Å². The maximum absolute atomic E-state index is 12.0. The number of carbonyl (C=O) groups is 2. The normalized spacial score (nSPS) is 13.0. The number of amides is 1. The highest BCUT2D eigenvalue weighted by Gasteiger charge is 2.29. The predicted octanol–water partition coefficient (Wildman–Crippen LogP) is 2.99. The average Bonchev–Trinajstić information content (AvgIpc) is 2.46. The minimum atomic E-state index is -0.955. The van der Waals surface area contributed by atoms with Gasteiger partial charge < -0.3 is 10.1 Å². The number of esters is 1. The minimum absolute atomic E-state index is 0.0444. The topological polar surface area (TPSA) is 153 Å². The molecule has 0 heterocycles. The Balaban J connectivity index is 4.73. The van der Waals surface area contributed by atoms with Crippen LogP contribution in [-0.2, 0) is 14.3 Å². The molecule has 0 saturated heterocycles. The summed E-state index contributed by atoms with van der Waals surface area (Å²) in [6.07, 6.45) is 0.276. The Bertz CT molecular complexity index is 494. The molecule has 128 valence electrons. The highest BCUT2D eigenvalue weighted by molar-refractivity contribution is 5.82. The Labute approximate surface area is 134 Å². The Kier molecular flexibility index (Phi) is 8.54. The van der Waals surface area contributed by atoms with Gasteiger partial charge in [-0.1, -0.05) is 17.2 Å². The molecule has 0 aliphatic rings. The van der Waals surface area contributed by atoms with Crippen LogP contribution in [0.4, 0.5) is 0 Å². The van der Waals surface area contributed by atoms with Gasteiger partial charge in [0.15, 0.2) is 0 Å². The molecule has 0 bridgehead atoms. The first kappa shape index (κ1) is 20.6. The minimum Gasteiger partial charge on any atom is -0.460 e. The molecule has 23 heavy (non-hydrogen) atoms. The van der Waals surface area contributed by atoms with Crippen molar-refractivity contribution in [2.45, 2.75) is 58.1 Å². The van der Waals surface area contributed by atoms with Crippen molar-refractivity contribution in [2.75, 3.05) is 13.1 Å². The molecule has 0 aromatic heterocycles. The first-order valence-electron chi connectivity index (χ1n) is 7.22. The predicted molar refractivity (Wildman–Crippen MR) is 84.3 cm³/mol. The van der Waals surface area contributed by atoms with E-state index in [-0.39, 0.29) is 25.9 Å². The summed E-state index contributed by atoms with van der Waals surface area (Å²) >= 11 is 0. The van der Waals surface area contributed by atoms with E-state index in [0.29, 0.717) is 6.42 Å². The molecule has 0 unspecified atom stereocenters. The lowest BCUT2D eigenvalue weighted by atomic mass is 9.96. The number of nitrogens with one attached hydrogen (secondary N) is 1. The Morgan fingerprint density at radius 2 is 1.61 bits per heavy atom. The molecule has 1 amide bonds. The van der Waals surface area contributed by atoms with Crippen LogP contribution in [-0.4, -0.2) is 36.1 Å². The molecule has 10 nitrogen and oxygen atoms in total. The molecule has 0 spiro atoms. The molecular weight excluding hydrogens is 302 g/mol. The van der Waals surface area contributed by atoms with Crippen LogP contribution >= 0.6 is 0 Å². The van der Waals surface area contributed by atoms with Gasteiger partial charge in [-0.05, 0) is 38.3 Å². The van der Waals surface area contributed by atoms with Gasteiger partial charge in [0, 0.05) is 29.3 Å². The largest absolute Gasteiger partial charge is 0.460 e. The first-order chi connectivity index (χ1) is 10.7. The van der Waals surface area contributed by atoms with Crippen molar-refractivity contribution >= 4 is 11.9 Å². The second-order valence-corrected chi connectivity index (χ2v) is 6.05. The highest BCUT2D eigenvalue weighted by Crippen LogP contribution is 2.14. The fourth-order valence-corrected chi connectivity index (χ4v) is 1.74. The zero-order chi connectivity index (χ0) is 17.9. The first-order valence-corrected chi connectivity index (χ1v) is 7.22. The molecule has 10 heteroatoms. The van der Waals surface area contributed by atoms with Crippen molar-refractivity contribution in [3.05, 3.63) is 20.9 Å². The molecular formula is C13H23N7O3. The van der Waals surface area contributed by atoms with E-state index in [1.807, 2.05) is 0 Å². The fraction of sp³-hybridized carbons (Fsp3) is 0.846. The van der Waals surface area contributed by atoms with Crippen molar-refractivity contribution in [2.24, 2.45) is 10.2 Å². The van der Waals surface area contributed by atoms with Crippen molar-refractivity contribution in [3.8, 4) is 0 Å². The maximum atomic E-state index is 12.0. The van der Waals surface area contributed by atoms with E-state index in [9.17, 15) is 9.59 Å². The summed E-state index contributed by atoms with van der Waals surface area (Å²) in [6.45, 7) is 6.91. The SMILES string of the molecule is CCC(CN=[N+]=[N-])(CN=[N+]=[N-])NC(=O)CCC(=O)OC(C)(C)C. The Hall–Kier alpha value is -2.44. The van der Waals surface area contributed by atoms with Gasteiger partial charge in [0.1, 0.15) is 5.60 Å². The third-order valence-electron chi connectivity index (χ3n) is 2.93. The maximum Gasteiger partial charge on any atom is 0.306 e.